The quantitative estimate of drug-likeness (QED) is 0.760. The van der Waals surface area contributed by atoms with Crippen LogP contribution in [0.5, 0.6) is 0 Å². The lowest BCUT2D eigenvalue weighted by Gasteiger charge is -2.02. The summed E-state index contributed by atoms with van der Waals surface area (Å²) in [6, 6.07) is 8.31. The Balaban J connectivity index is 1.79. The number of halogens is 1. The highest BCUT2D eigenvalue weighted by Gasteiger charge is 2.12. The smallest absolute Gasteiger partial charge is 0.268 e. The van der Waals surface area contributed by atoms with Gasteiger partial charge in [-0.2, -0.15) is 0 Å². The molecule has 2 aromatic heterocycles. The van der Waals surface area contributed by atoms with E-state index in [0.717, 1.165) is 10.4 Å². The SMILES string of the molecule is Cc1ccsc1CNC(=O)c1cc2c(F)cccc2[nH]1. The van der Waals surface area contributed by atoms with Crippen LogP contribution in [0.25, 0.3) is 10.9 Å². The monoisotopic (exact) mass is 288 g/mol. The van der Waals surface area contributed by atoms with E-state index >= 15 is 0 Å². The second-order valence-corrected chi connectivity index (χ2v) is 5.59. The van der Waals surface area contributed by atoms with Crippen molar-refractivity contribution < 1.29 is 9.18 Å². The van der Waals surface area contributed by atoms with Crippen LogP contribution in [0.2, 0.25) is 0 Å². The lowest BCUT2D eigenvalue weighted by Crippen LogP contribution is -2.22. The van der Waals surface area contributed by atoms with Crippen LogP contribution in [-0.4, -0.2) is 10.9 Å². The summed E-state index contributed by atoms with van der Waals surface area (Å²) in [6.45, 7) is 2.50. The molecule has 2 heterocycles. The van der Waals surface area contributed by atoms with E-state index in [9.17, 15) is 9.18 Å². The number of aryl methyl sites for hydroxylation is 1. The van der Waals surface area contributed by atoms with Crippen LogP contribution in [0.15, 0.2) is 35.7 Å². The fourth-order valence-electron chi connectivity index (χ4n) is 2.08. The van der Waals surface area contributed by atoms with Gasteiger partial charge in [0.05, 0.1) is 6.54 Å². The average molecular weight is 288 g/mol. The standard InChI is InChI=1S/C15H13FN2OS/c1-9-5-6-20-14(9)8-17-15(19)13-7-10-11(16)3-2-4-12(10)18-13/h2-7,18H,8H2,1H3,(H,17,19). The molecule has 102 valence electrons. The summed E-state index contributed by atoms with van der Waals surface area (Å²) < 4.78 is 13.6. The first kappa shape index (κ1) is 12.9. The van der Waals surface area contributed by atoms with Gasteiger partial charge in [0.2, 0.25) is 0 Å². The van der Waals surface area contributed by atoms with E-state index in [1.807, 2.05) is 18.4 Å². The topological polar surface area (TPSA) is 44.9 Å². The molecule has 1 aromatic carbocycles. The van der Waals surface area contributed by atoms with E-state index in [-0.39, 0.29) is 11.7 Å². The minimum atomic E-state index is -0.327. The summed E-state index contributed by atoms with van der Waals surface area (Å²) in [6.07, 6.45) is 0. The second kappa shape index (κ2) is 5.09. The van der Waals surface area contributed by atoms with E-state index in [4.69, 9.17) is 0 Å². The van der Waals surface area contributed by atoms with Gasteiger partial charge >= 0.3 is 0 Å². The molecule has 5 heteroatoms. The third-order valence-corrected chi connectivity index (χ3v) is 4.26. The van der Waals surface area contributed by atoms with Crippen LogP contribution in [0.1, 0.15) is 20.9 Å². The Kier molecular flexibility index (Phi) is 3.28. The zero-order chi connectivity index (χ0) is 14.1. The predicted octanol–water partition coefficient (Wildman–Crippen LogP) is 3.61. The second-order valence-electron chi connectivity index (χ2n) is 4.59. The van der Waals surface area contributed by atoms with Gasteiger partial charge in [-0.25, -0.2) is 4.39 Å². The molecule has 0 spiro atoms. The van der Waals surface area contributed by atoms with Crippen molar-refractivity contribution in [3.63, 3.8) is 0 Å². The lowest BCUT2D eigenvalue weighted by molar-refractivity contribution is 0.0947. The molecule has 0 atom stereocenters. The number of nitrogens with one attached hydrogen (secondary N) is 2. The molecule has 0 aliphatic carbocycles. The third-order valence-electron chi connectivity index (χ3n) is 3.23. The first-order valence-corrected chi connectivity index (χ1v) is 7.11. The molecule has 0 unspecified atom stereocenters. The number of benzene rings is 1. The number of fused-ring (bicyclic) bond motifs is 1. The molecule has 20 heavy (non-hydrogen) atoms. The molecule has 0 saturated carbocycles. The molecule has 0 aliphatic heterocycles. The summed E-state index contributed by atoms with van der Waals surface area (Å²) in [5.41, 5.74) is 2.17. The maximum absolute atomic E-state index is 13.6. The van der Waals surface area contributed by atoms with Crippen molar-refractivity contribution in [2.24, 2.45) is 0 Å². The van der Waals surface area contributed by atoms with E-state index in [1.54, 1.807) is 29.5 Å². The molecular formula is C15H13FN2OS. The maximum atomic E-state index is 13.6. The number of hydrogen-bond donors (Lipinski definition) is 2. The van der Waals surface area contributed by atoms with Crippen molar-refractivity contribution in [1.29, 1.82) is 0 Å². The summed E-state index contributed by atoms with van der Waals surface area (Å²) in [5.74, 6) is -0.555. The van der Waals surface area contributed by atoms with E-state index in [0.29, 0.717) is 23.1 Å². The molecule has 0 aliphatic rings. The number of thiophene rings is 1. The number of hydrogen-bond acceptors (Lipinski definition) is 2. The molecule has 1 amide bonds. The average Bonchev–Trinajstić information content (AvgIpc) is 3.03. The number of aromatic amines is 1. The maximum Gasteiger partial charge on any atom is 0.268 e. The van der Waals surface area contributed by atoms with Crippen molar-refractivity contribution in [3.05, 3.63) is 57.7 Å². The zero-order valence-corrected chi connectivity index (χ0v) is 11.7. The van der Waals surface area contributed by atoms with Gasteiger partial charge in [-0.05, 0) is 42.1 Å². The highest BCUT2D eigenvalue weighted by atomic mass is 32.1. The minimum Gasteiger partial charge on any atom is -0.350 e. The van der Waals surface area contributed by atoms with Crippen molar-refractivity contribution in [3.8, 4) is 0 Å². The van der Waals surface area contributed by atoms with Crippen molar-refractivity contribution >= 4 is 28.1 Å². The number of aromatic nitrogens is 1. The fourth-order valence-corrected chi connectivity index (χ4v) is 2.93. The first-order chi connectivity index (χ1) is 9.65. The van der Waals surface area contributed by atoms with Crippen LogP contribution < -0.4 is 5.32 Å². The fraction of sp³-hybridized carbons (Fsp3) is 0.133. The predicted molar refractivity (Wildman–Crippen MR) is 78.5 cm³/mol. The van der Waals surface area contributed by atoms with Crippen molar-refractivity contribution in [2.75, 3.05) is 0 Å². The Morgan fingerprint density at radius 3 is 2.95 bits per heavy atom. The van der Waals surface area contributed by atoms with Gasteiger partial charge in [-0.3, -0.25) is 4.79 Å². The molecule has 0 saturated heterocycles. The summed E-state index contributed by atoms with van der Waals surface area (Å²) >= 11 is 1.61. The number of rotatable bonds is 3. The Morgan fingerprint density at radius 2 is 2.25 bits per heavy atom. The molecule has 3 aromatic rings. The van der Waals surface area contributed by atoms with Crippen LogP contribution >= 0.6 is 11.3 Å². The van der Waals surface area contributed by atoms with E-state index in [1.165, 1.54) is 6.07 Å². The Hall–Kier alpha value is -2.14. The van der Waals surface area contributed by atoms with Gasteiger partial charge < -0.3 is 10.3 Å². The molecular weight excluding hydrogens is 275 g/mol. The summed E-state index contributed by atoms with van der Waals surface area (Å²) in [5, 5.41) is 5.27. The minimum absolute atomic E-state index is 0.228. The van der Waals surface area contributed by atoms with E-state index < -0.39 is 0 Å². The van der Waals surface area contributed by atoms with Gasteiger partial charge in [0.25, 0.3) is 5.91 Å². The first-order valence-electron chi connectivity index (χ1n) is 6.23. The molecule has 3 rings (SSSR count). The zero-order valence-electron chi connectivity index (χ0n) is 10.9. The molecule has 0 radical (unpaired) electrons. The van der Waals surface area contributed by atoms with Crippen molar-refractivity contribution in [1.82, 2.24) is 10.3 Å². The van der Waals surface area contributed by atoms with Crippen molar-refractivity contribution in [2.45, 2.75) is 13.5 Å². The van der Waals surface area contributed by atoms with Crippen LogP contribution in [0, 0.1) is 12.7 Å². The van der Waals surface area contributed by atoms with Gasteiger partial charge in [-0.15, -0.1) is 11.3 Å². The third kappa shape index (κ3) is 2.32. The number of carbonyl (C=O) groups excluding carboxylic acids is 1. The van der Waals surface area contributed by atoms with Crippen LogP contribution in [0.3, 0.4) is 0 Å². The van der Waals surface area contributed by atoms with Crippen LogP contribution in [0.4, 0.5) is 4.39 Å². The highest BCUT2D eigenvalue weighted by molar-refractivity contribution is 7.10. The molecule has 3 nitrogen and oxygen atoms in total. The highest BCUT2D eigenvalue weighted by Crippen LogP contribution is 2.19. The lowest BCUT2D eigenvalue weighted by atomic mass is 10.2. The number of H-pyrrole nitrogens is 1. The largest absolute Gasteiger partial charge is 0.350 e. The number of amides is 1. The number of carbonyl (C=O) groups is 1. The van der Waals surface area contributed by atoms with Gasteiger partial charge in [0, 0.05) is 15.8 Å². The van der Waals surface area contributed by atoms with Gasteiger partial charge in [-0.1, -0.05) is 6.07 Å². The van der Waals surface area contributed by atoms with E-state index in [2.05, 4.69) is 10.3 Å². The molecule has 0 bridgehead atoms. The molecule has 2 N–H and O–H groups in total. The summed E-state index contributed by atoms with van der Waals surface area (Å²) in [7, 11) is 0. The Morgan fingerprint density at radius 1 is 1.40 bits per heavy atom. The van der Waals surface area contributed by atoms with Gasteiger partial charge in [0.1, 0.15) is 11.5 Å². The Bertz CT molecular complexity index is 775. The molecule has 0 fully saturated rings. The normalized spacial score (nSPS) is 10.9. The summed E-state index contributed by atoms with van der Waals surface area (Å²) in [4.78, 5) is 16.1. The Labute approximate surface area is 119 Å². The van der Waals surface area contributed by atoms with Gasteiger partial charge in [0.15, 0.2) is 0 Å². The van der Waals surface area contributed by atoms with Crippen LogP contribution in [-0.2, 0) is 6.54 Å².